The van der Waals surface area contributed by atoms with Gasteiger partial charge in [-0.1, -0.05) is 15.9 Å². The van der Waals surface area contributed by atoms with Crippen LogP contribution < -0.4 is 14.8 Å². The molecular weight excluding hydrogens is 464 g/mol. The molecule has 0 radical (unpaired) electrons. The first kappa shape index (κ1) is 20.0. The van der Waals surface area contributed by atoms with Gasteiger partial charge < -0.3 is 14.8 Å². The van der Waals surface area contributed by atoms with Crippen LogP contribution in [0.25, 0.3) is 6.08 Å². The highest BCUT2D eigenvalue weighted by atomic mass is 79.9. The minimum atomic E-state index is -0.504. The highest BCUT2D eigenvalue weighted by Crippen LogP contribution is 2.34. The molecule has 26 heavy (non-hydrogen) atoms. The number of nitrogens with zero attached hydrogens (tertiary/aromatic N) is 1. The van der Waals surface area contributed by atoms with Gasteiger partial charge in [0.25, 0.3) is 5.91 Å². The number of hydrogen-bond acceptors (Lipinski definition) is 4. The van der Waals surface area contributed by atoms with Crippen molar-refractivity contribution < 1.29 is 14.3 Å². The lowest BCUT2D eigenvalue weighted by atomic mass is 10.1. The van der Waals surface area contributed by atoms with Gasteiger partial charge in [0, 0.05) is 15.7 Å². The van der Waals surface area contributed by atoms with Crippen molar-refractivity contribution in [3.05, 3.63) is 56.5 Å². The van der Waals surface area contributed by atoms with Gasteiger partial charge >= 0.3 is 0 Å². The number of ether oxygens (including phenoxy) is 2. The molecule has 1 amide bonds. The molecule has 134 valence electrons. The Morgan fingerprint density at radius 1 is 1.27 bits per heavy atom. The second-order valence-electron chi connectivity index (χ2n) is 5.09. The Hall–Kier alpha value is -2.30. The van der Waals surface area contributed by atoms with Gasteiger partial charge in [0.05, 0.1) is 18.2 Å². The number of benzene rings is 2. The van der Waals surface area contributed by atoms with Crippen molar-refractivity contribution in [1.82, 2.24) is 0 Å². The van der Waals surface area contributed by atoms with Crippen LogP contribution in [-0.2, 0) is 4.79 Å². The van der Waals surface area contributed by atoms with Gasteiger partial charge in [-0.05, 0) is 65.3 Å². The van der Waals surface area contributed by atoms with E-state index < -0.39 is 5.91 Å². The first-order valence-corrected chi connectivity index (χ1v) is 9.26. The monoisotopic (exact) mass is 478 g/mol. The fraction of sp³-hybridized carbons (Fsp3) is 0.158. The molecule has 0 spiro atoms. The summed E-state index contributed by atoms with van der Waals surface area (Å²) in [6, 6.07) is 12.4. The predicted molar refractivity (Wildman–Crippen MR) is 108 cm³/mol. The lowest BCUT2D eigenvalue weighted by Gasteiger charge is -2.11. The summed E-state index contributed by atoms with van der Waals surface area (Å²) in [6.45, 7) is 2.32. The summed E-state index contributed by atoms with van der Waals surface area (Å²) in [5.41, 5.74) is 1.15. The fourth-order valence-electron chi connectivity index (χ4n) is 2.16. The molecule has 0 aliphatic heterocycles. The van der Waals surface area contributed by atoms with Crippen LogP contribution >= 0.6 is 31.9 Å². The van der Waals surface area contributed by atoms with E-state index in [1.54, 1.807) is 37.4 Å². The van der Waals surface area contributed by atoms with E-state index in [1.807, 2.05) is 19.1 Å². The second kappa shape index (κ2) is 9.41. The second-order valence-corrected chi connectivity index (χ2v) is 6.86. The molecule has 0 bridgehead atoms. The summed E-state index contributed by atoms with van der Waals surface area (Å²) in [7, 11) is 1.57. The molecule has 0 aliphatic carbocycles. The van der Waals surface area contributed by atoms with Crippen molar-refractivity contribution in [2.75, 3.05) is 19.0 Å². The third kappa shape index (κ3) is 5.10. The standard InChI is InChI=1S/C19H16Br2N2O3/c1-3-26-18-12(9-14(20)10-17(18)21)8-13(11-22)19(24)23-15-4-6-16(25-2)7-5-15/h4-10H,3H2,1-2H3,(H,23,24)/b13-8+. The van der Waals surface area contributed by atoms with Gasteiger partial charge in [0.15, 0.2) is 0 Å². The summed E-state index contributed by atoms with van der Waals surface area (Å²) in [4.78, 5) is 12.4. The number of carbonyl (C=O) groups is 1. The SMILES string of the molecule is CCOc1c(Br)cc(Br)cc1/C=C(\C#N)C(=O)Nc1ccc(OC)cc1. The topological polar surface area (TPSA) is 71.3 Å². The van der Waals surface area contributed by atoms with Gasteiger partial charge in [-0.15, -0.1) is 0 Å². The number of carbonyl (C=O) groups excluding carboxylic acids is 1. The number of nitrogens with one attached hydrogen (secondary N) is 1. The highest BCUT2D eigenvalue weighted by Gasteiger charge is 2.14. The van der Waals surface area contributed by atoms with Crippen molar-refractivity contribution in [2.24, 2.45) is 0 Å². The van der Waals surface area contributed by atoms with Crippen LogP contribution in [0.3, 0.4) is 0 Å². The number of halogens is 2. The maximum Gasteiger partial charge on any atom is 0.266 e. The lowest BCUT2D eigenvalue weighted by molar-refractivity contribution is -0.112. The van der Waals surface area contributed by atoms with Crippen LogP contribution in [0.5, 0.6) is 11.5 Å². The Bertz CT molecular complexity index is 872. The zero-order valence-corrected chi connectivity index (χ0v) is 17.3. The lowest BCUT2D eigenvalue weighted by Crippen LogP contribution is -2.13. The Balaban J connectivity index is 2.32. The van der Waals surface area contributed by atoms with Crippen molar-refractivity contribution in [3.8, 4) is 17.6 Å². The highest BCUT2D eigenvalue weighted by molar-refractivity contribution is 9.11. The minimum Gasteiger partial charge on any atom is -0.497 e. The van der Waals surface area contributed by atoms with E-state index in [-0.39, 0.29) is 5.57 Å². The third-order valence-corrected chi connectivity index (χ3v) is 4.39. The molecule has 0 atom stereocenters. The molecule has 7 heteroatoms. The predicted octanol–water partition coefficient (Wildman–Crippen LogP) is 5.16. The van der Waals surface area contributed by atoms with Gasteiger partial charge in [-0.25, -0.2) is 0 Å². The normalized spacial score (nSPS) is 10.8. The van der Waals surface area contributed by atoms with E-state index >= 15 is 0 Å². The molecule has 0 fully saturated rings. The van der Waals surface area contributed by atoms with E-state index in [9.17, 15) is 10.1 Å². The molecule has 0 unspecified atom stereocenters. The molecule has 0 aromatic heterocycles. The van der Waals surface area contributed by atoms with E-state index in [2.05, 4.69) is 37.2 Å². The number of anilines is 1. The summed E-state index contributed by atoms with van der Waals surface area (Å²) in [5, 5.41) is 12.1. The maximum atomic E-state index is 12.4. The average Bonchev–Trinajstić information content (AvgIpc) is 2.62. The van der Waals surface area contributed by atoms with Gasteiger partial charge in [0.1, 0.15) is 23.1 Å². The van der Waals surface area contributed by atoms with Gasteiger partial charge in [-0.2, -0.15) is 5.26 Å². The quantitative estimate of drug-likeness (QED) is 0.458. The van der Waals surface area contributed by atoms with Crippen molar-refractivity contribution in [1.29, 1.82) is 5.26 Å². The van der Waals surface area contributed by atoms with Crippen LogP contribution in [0.15, 0.2) is 50.9 Å². The van der Waals surface area contributed by atoms with Crippen LogP contribution in [0.1, 0.15) is 12.5 Å². The third-order valence-electron chi connectivity index (χ3n) is 3.34. The number of nitriles is 1. The first-order chi connectivity index (χ1) is 12.5. The van der Waals surface area contributed by atoms with Crippen LogP contribution in [0.4, 0.5) is 5.69 Å². The average molecular weight is 480 g/mol. The Kier molecular flexibility index (Phi) is 7.25. The number of rotatable bonds is 6. The summed E-state index contributed by atoms with van der Waals surface area (Å²) < 4.78 is 12.2. The maximum absolute atomic E-state index is 12.4. The molecule has 0 saturated heterocycles. The zero-order valence-electron chi connectivity index (χ0n) is 14.2. The molecule has 2 aromatic carbocycles. The number of hydrogen-bond donors (Lipinski definition) is 1. The van der Waals surface area contributed by atoms with Crippen LogP contribution in [-0.4, -0.2) is 19.6 Å². The summed E-state index contributed by atoms with van der Waals surface area (Å²) in [6.07, 6.45) is 1.50. The summed E-state index contributed by atoms with van der Waals surface area (Å²) in [5.74, 6) is 0.747. The van der Waals surface area contributed by atoms with Crippen molar-refractivity contribution in [2.45, 2.75) is 6.92 Å². The Morgan fingerprint density at radius 3 is 2.54 bits per heavy atom. The minimum absolute atomic E-state index is 0.0354. The number of methoxy groups -OCH3 is 1. The molecule has 2 rings (SSSR count). The molecule has 0 saturated carbocycles. The fourth-order valence-corrected chi connectivity index (χ4v) is 3.53. The molecule has 1 N–H and O–H groups in total. The van der Waals surface area contributed by atoms with Crippen molar-refractivity contribution >= 4 is 49.5 Å². The van der Waals surface area contributed by atoms with E-state index in [4.69, 9.17) is 9.47 Å². The zero-order chi connectivity index (χ0) is 19.1. The van der Waals surface area contributed by atoms with Gasteiger partial charge in [0.2, 0.25) is 0 Å². The molecule has 5 nitrogen and oxygen atoms in total. The molecular formula is C19H16Br2N2O3. The van der Waals surface area contributed by atoms with Gasteiger partial charge in [-0.3, -0.25) is 4.79 Å². The molecule has 0 aliphatic rings. The summed E-state index contributed by atoms with van der Waals surface area (Å²) >= 11 is 6.84. The smallest absolute Gasteiger partial charge is 0.266 e. The molecule has 0 heterocycles. The Labute approximate surface area is 168 Å². The van der Waals surface area contributed by atoms with Crippen molar-refractivity contribution in [3.63, 3.8) is 0 Å². The Morgan fingerprint density at radius 2 is 1.96 bits per heavy atom. The molecule has 2 aromatic rings. The first-order valence-electron chi connectivity index (χ1n) is 7.67. The van der Waals surface area contributed by atoms with E-state index in [0.717, 1.165) is 8.95 Å². The van der Waals surface area contributed by atoms with E-state index in [1.165, 1.54) is 6.08 Å². The number of amides is 1. The largest absolute Gasteiger partial charge is 0.497 e. The van der Waals surface area contributed by atoms with Crippen LogP contribution in [0.2, 0.25) is 0 Å². The van der Waals surface area contributed by atoms with Crippen LogP contribution in [0, 0.1) is 11.3 Å². The van der Waals surface area contributed by atoms with E-state index in [0.29, 0.717) is 29.4 Å².